The van der Waals surface area contributed by atoms with Crippen molar-refractivity contribution in [1.82, 2.24) is 0 Å². The van der Waals surface area contributed by atoms with Crippen LogP contribution in [-0.2, 0) is 13.0 Å². The van der Waals surface area contributed by atoms with Crippen molar-refractivity contribution in [2.45, 2.75) is 25.9 Å². The maximum absolute atomic E-state index is 5.84. The van der Waals surface area contributed by atoms with Gasteiger partial charge < -0.3 is 15.1 Å². The highest BCUT2D eigenvalue weighted by molar-refractivity contribution is 9.10. The third-order valence-corrected chi connectivity index (χ3v) is 3.76. The topological polar surface area (TPSA) is 42.4 Å². The molecule has 3 nitrogen and oxygen atoms in total. The molecule has 102 valence electrons. The number of benzene rings is 1. The van der Waals surface area contributed by atoms with Gasteiger partial charge in [0.2, 0.25) is 0 Å². The van der Waals surface area contributed by atoms with Gasteiger partial charge in [-0.1, -0.05) is 22.0 Å². The molecule has 0 amide bonds. The van der Waals surface area contributed by atoms with Crippen LogP contribution in [0.25, 0.3) is 0 Å². The molecule has 0 aliphatic carbocycles. The minimum absolute atomic E-state index is 0.172. The molecule has 1 unspecified atom stereocenters. The van der Waals surface area contributed by atoms with E-state index in [0.717, 1.165) is 17.4 Å². The maximum atomic E-state index is 5.84. The maximum Gasteiger partial charge on any atom is 0.0952 e. The highest BCUT2D eigenvalue weighted by Gasteiger charge is 2.08. The fraction of sp³-hybridized carbons (Fsp3) is 0.333. The molecule has 4 heteroatoms. The number of anilines is 1. The lowest BCUT2D eigenvalue weighted by Gasteiger charge is -2.20. The zero-order valence-electron chi connectivity index (χ0n) is 11.3. The largest absolute Gasteiger partial charge is 0.472 e. The third kappa shape index (κ3) is 3.85. The number of hydrogen-bond acceptors (Lipinski definition) is 3. The fourth-order valence-electron chi connectivity index (χ4n) is 2.03. The van der Waals surface area contributed by atoms with Crippen molar-refractivity contribution in [3.05, 3.63) is 52.4 Å². The summed E-state index contributed by atoms with van der Waals surface area (Å²) in [6, 6.07) is 8.55. The lowest BCUT2D eigenvalue weighted by molar-refractivity contribution is 0.563. The van der Waals surface area contributed by atoms with E-state index in [0.29, 0.717) is 0 Å². The minimum Gasteiger partial charge on any atom is -0.472 e. The van der Waals surface area contributed by atoms with Gasteiger partial charge in [0.25, 0.3) is 0 Å². The van der Waals surface area contributed by atoms with Gasteiger partial charge in [0.1, 0.15) is 0 Å². The lowest BCUT2D eigenvalue weighted by Crippen LogP contribution is -2.19. The Morgan fingerprint density at radius 3 is 2.74 bits per heavy atom. The van der Waals surface area contributed by atoms with Crippen LogP contribution in [0.5, 0.6) is 0 Å². The molecular formula is C15H19BrN2O. The number of nitrogens with two attached hydrogens (primary N) is 1. The second kappa shape index (κ2) is 6.26. The summed E-state index contributed by atoms with van der Waals surface area (Å²) >= 11 is 3.62. The minimum atomic E-state index is 0.172. The zero-order chi connectivity index (χ0) is 13.8. The van der Waals surface area contributed by atoms with Crippen LogP contribution in [0, 0.1) is 0 Å². The van der Waals surface area contributed by atoms with E-state index in [4.69, 9.17) is 10.2 Å². The molecule has 0 aliphatic heterocycles. The summed E-state index contributed by atoms with van der Waals surface area (Å²) in [5.41, 5.74) is 9.42. The summed E-state index contributed by atoms with van der Waals surface area (Å²) in [4.78, 5) is 2.19. The molecule has 0 saturated carbocycles. The molecule has 1 aromatic heterocycles. The van der Waals surface area contributed by atoms with Gasteiger partial charge in [-0.3, -0.25) is 0 Å². The van der Waals surface area contributed by atoms with Gasteiger partial charge in [-0.15, -0.1) is 0 Å². The number of hydrogen-bond donors (Lipinski definition) is 1. The molecule has 1 heterocycles. The van der Waals surface area contributed by atoms with Crippen LogP contribution in [-0.4, -0.2) is 13.1 Å². The summed E-state index contributed by atoms with van der Waals surface area (Å²) in [7, 11) is 2.07. The first-order valence-electron chi connectivity index (χ1n) is 6.32. The van der Waals surface area contributed by atoms with Gasteiger partial charge in [-0.2, -0.15) is 0 Å². The lowest BCUT2D eigenvalue weighted by atomic mass is 10.1. The molecule has 0 fully saturated rings. The Hall–Kier alpha value is -1.26. The molecule has 0 spiro atoms. The Balaban J connectivity index is 2.10. The molecule has 0 bridgehead atoms. The standard InChI is InChI=1S/C15H19BrN2O/c1-11(17)7-13-3-4-14(8-15(13)16)18(2)9-12-5-6-19-10-12/h3-6,8,10-11H,7,9,17H2,1-2H3. The summed E-state index contributed by atoms with van der Waals surface area (Å²) in [6.07, 6.45) is 4.35. The van der Waals surface area contributed by atoms with Crippen molar-refractivity contribution >= 4 is 21.6 Å². The van der Waals surface area contributed by atoms with E-state index in [2.05, 4.69) is 46.1 Å². The van der Waals surface area contributed by atoms with Gasteiger partial charge in [0, 0.05) is 35.4 Å². The first-order chi connectivity index (χ1) is 9.06. The molecule has 0 radical (unpaired) electrons. The van der Waals surface area contributed by atoms with Gasteiger partial charge in [-0.25, -0.2) is 0 Å². The summed E-state index contributed by atoms with van der Waals surface area (Å²) in [6.45, 7) is 2.85. The quantitative estimate of drug-likeness (QED) is 0.915. The molecular weight excluding hydrogens is 304 g/mol. The van der Waals surface area contributed by atoms with E-state index < -0.39 is 0 Å². The van der Waals surface area contributed by atoms with Crippen LogP contribution < -0.4 is 10.6 Å². The van der Waals surface area contributed by atoms with E-state index in [-0.39, 0.29) is 6.04 Å². The number of nitrogens with zero attached hydrogens (tertiary/aromatic N) is 1. The van der Waals surface area contributed by atoms with Crippen molar-refractivity contribution in [1.29, 1.82) is 0 Å². The van der Waals surface area contributed by atoms with E-state index in [1.165, 1.54) is 16.8 Å². The van der Waals surface area contributed by atoms with Crippen LogP contribution in [0.4, 0.5) is 5.69 Å². The van der Waals surface area contributed by atoms with E-state index in [1.807, 2.05) is 13.0 Å². The van der Waals surface area contributed by atoms with E-state index in [1.54, 1.807) is 12.5 Å². The number of rotatable bonds is 5. The van der Waals surface area contributed by atoms with Crippen molar-refractivity contribution in [3.8, 4) is 0 Å². The monoisotopic (exact) mass is 322 g/mol. The van der Waals surface area contributed by atoms with Crippen LogP contribution >= 0.6 is 15.9 Å². The van der Waals surface area contributed by atoms with Gasteiger partial charge in [0.15, 0.2) is 0 Å². The molecule has 2 rings (SSSR count). The predicted octanol–water partition coefficient (Wildman–Crippen LogP) is 3.57. The first-order valence-corrected chi connectivity index (χ1v) is 7.12. The summed E-state index contributed by atoms with van der Waals surface area (Å²) < 4.78 is 6.20. The Morgan fingerprint density at radius 1 is 1.37 bits per heavy atom. The van der Waals surface area contributed by atoms with Gasteiger partial charge in [-0.05, 0) is 37.1 Å². The summed E-state index contributed by atoms with van der Waals surface area (Å²) in [5, 5.41) is 0. The second-order valence-corrected chi connectivity index (χ2v) is 5.80. The van der Waals surface area contributed by atoms with Crippen LogP contribution in [0.2, 0.25) is 0 Å². The van der Waals surface area contributed by atoms with E-state index in [9.17, 15) is 0 Å². The van der Waals surface area contributed by atoms with Crippen LogP contribution in [0.1, 0.15) is 18.1 Å². The van der Waals surface area contributed by atoms with Gasteiger partial charge in [0.05, 0.1) is 12.5 Å². The first kappa shape index (κ1) is 14.2. The highest BCUT2D eigenvalue weighted by Crippen LogP contribution is 2.25. The molecule has 1 aromatic carbocycles. The van der Waals surface area contributed by atoms with Crippen LogP contribution in [0.15, 0.2) is 45.7 Å². The summed E-state index contributed by atoms with van der Waals surface area (Å²) in [5.74, 6) is 0. The van der Waals surface area contributed by atoms with Crippen LogP contribution in [0.3, 0.4) is 0 Å². The normalized spacial score (nSPS) is 12.4. The van der Waals surface area contributed by atoms with Crippen molar-refractivity contribution in [3.63, 3.8) is 0 Å². The molecule has 0 saturated heterocycles. The number of furan rings is 1. The Labute approximate surface area is 122 Å². The van der Waals surface area contributed by atoms with Crippen molar-refractivity contribution < 1.29 is 4.42 Å². The molecule has 0 aliphatic rings. The fourth-order valence-corrected chi connectivity index (χ4v) is 2.56. The van der Waals surface area contributed by atoms with Crippen molar-refractivity contribution in [2.24, 2.45) is 5.73 Å². The molecule has 19 heavy (non-hydrogen) atoms. The Kier molecular flexibility index (Phi) is 4.66. The zero-order valence-corrected chi connectivity index (χ0v) is 12.9. The second-order valence-electron chi connectivity index (χ2n) is 4.94. The Morgan fingerprint density at radius 2 is 2.16 bits per heavy atom. The molecule has 2 aromatic rings. The highest BCUT2D eigenvalue weighted by atomic mass is 79.9. The number of halogens is 1. The smallest absolute Gasteiger partial charge is 0.0952 e. The average molecular weight is 323 g/mol. The van der Waals surface area contributed by atoms with Crippen molar-refractivity contribution in [2.75, 3.05) is 11.9 Å². The van der Waals surface area contributed by atoms with Gasteiger partial charge >= 0.3 is 0 Å². The average Bonchev–Trinajstić information content (AvgIpc) is 2.84. The third-order valence-electron chi connectivity index (χ3n) is 3.02. The van der Waals surface area contributed by atoms with E-state index >= 15 is 0 Å². The predicted molar refractivity (Wildman–Crippen MR) is 82.3 cm³/mol. The molecule has 2 N–H and O–H groups in total. The molecule has 1 atom stereocenters. The SMILES string of the molecule is CC(N)Cc1ccc(N(C)Cc2ccoc2)cc1Br. The Bertz CT molecular complexity index is 523.